The van der Waals surface area contributed by atoms with Crippen LogP contribution in [-0.4, -0.2) is 18.1 Å². The van der Waals surface area contributed by atoms with Gasteiger partial charge in [-0.3, -0.25) is 0 Å². The van der Waals surface area contributed by atoms with Crippen molar-refractivity contribution in [2.75, 3.05) is 18.4 Å². The number of anilines is 1. The van der Waals surface area contributed by atoms with Gasteiger partial charge in [0, 0.05) is 30.4 Å². The largest absolute Gasteiger partial charge is 0.383 e. The molecule has 0 aromatic carbocycles. The van der Waals surface area contributed by atoms with Crippen LogP contribution in [0, 0.1) is 0 Å². The van der Waals surface area contributed by atoms with Gasteiger partial charge in [-0.25, -0.2) is 4.98 Å². The maximum Gasteiger partial charge on any atom is 0.125 e. The minimum absolute atomic E-state index is 0.647. The summed E-state index contributed by atoms with van der Waals surface area (Å²) in [5, 5.41) is 6.49. The van der Waals surface area contributed by atoms with Crippen LogP contribution in [-0.2, 0) is 0 Å². The molecule has 0 fully saturated rings. The second kappa shape index (κ2) is 3.72. The second-order valence-corrected chi connectivity index (χ2v) is 3.61. The third-order valence-electron chi connectivity index (χ3n) is 1.83. The molecule has 0 unspecified atom stereocenters. The quantitative estimate of drug-likeness (QED) is 0.779. The Hall–Kier alpha value is -1.13. The van der Waals surface area contributed by atoms with Gasteiger partial charge in [-0.2, -0.15) is 0 Å². The number of hydrogen-bond donors (Lipinski definition) is 2. The van der Waals surface area contributed by atoms with Crippen molar-refractivity contribution in [1.82, 2.24) is 4.98 Å². The molecule has 0 amide bonds. The number of aromatic nitrogens is 1. The van der Waals surface area contributed by atoms with Crippen molar-refractivity contribution in [1.29, 1.82) is 0 Å². The van der Waals surface area contributed by atoms with Crippen LogP contribution in [0.4, 0.5) is 5.69 Å². The molecule has 0 aliphatic rings. The Morgan fingerprint density at radius 1 is 1.46 bits per heavy atom. The van der Waals surface area contributed by atoms with Gasteiger partial charge >= 0.3 is 0 Å². The number of nitrogens with zero attached hydrogens (tertiary/aromatic N) is 1. The van der Waals surface area contributed by atoms with Crippen LogP contribution in [0.15, 0.2) is 23.7 Å². The topological polar surface area (TPSA) is 50.9 Å². The number of hydrogen-bond acceptors (Lipinski definition) is 4. The number of fused-ring (bicyclic) bond motifs is 1. The predicted molar refractivity (Wildman–Crippen MR) is 57.2 cm³/mol. The van der Waals surface area contributed by atoms with Gasteiger partial charge < -0.3 is 11.1 Å². The summed E-state index contributed by atoms with van der Waals surface area (Å²) in [5.74, 6) is 0. The minimum Gasteiger partial charge on any atom is -0.383 e. The summed E-state index contributed by atoms with van der Waals surface area (Å²) in [5.41, 5.74) is 6.54. The lowest BCUT2D eigenvalue weighted by molar-refractivity contribution is 1.03. The summed E-state index contributed by atoms with van der Waals surface area (Å²) in [6.45, 7) is 1.45. The Balaban J connectivity index is 2.37. The fourth-order valence-electron chi connectivity index (χ4n) is 1.24. The second-order valence-electron chi connectivity index (χ2n) is 2.71. The van der Waals surface area contributed by atoms with Crippen molar-refractivity contribution in [3.8, 4) is 0 Å². The number of nitrogens with one attached hydrogen (secondary N) is 1. The molecule has 3 nitrogen and oxygen atoms in total. The molecule has 68 valence electrons. The zero-order valence-electron chi connectivity index (χ0n) is 7.16. The molecule has 0 radical (unpaired) electrons. The third-order valence-corrected chi connectivity index (χ3v) is 2.65. The summed E-state index contributed by atoms with van der Waals surface area (Å²) in [6, 6.07) is 4.05. The normalized spacial score (nSPS) is 10.5. The number of thiophene rings is 1. The number of rotatable bonds is 3. The molecule has 2 aromatic rings. The van der Waals surface area contributed by atoms with Crippen LogP contribution < -0.4 is 11.1 Å². The van der Waals surface area contributed by atoms with E-state index in [9.17, 15) is 0 Å². The van der Waals surface area contributed by atoms with Gasteiger partial charge in [0.2, 0.25) is 0 Å². The monoisotopic (exact) mass is 193 g/mol. The lowest BCUT2D eigenvalue weighted by Crippen LogP contribution is -2.13. The SMILES string of the molecule is NCCNc1ccnc2sccc12. The molecule has 0 spiro atoms. The maximum atomic E-state index is 5.42. The van der Waals surface area contributed by atoms with Crippen LogP contribution >= 0.6 is 11.3 Å². The molecule has 2 heterocycles. The van der Waals surface area contributed by atoms with Crippen LogP contribution in [0.25, 0.3) is 10.2 Å². The first kappa shape index (κ1) is 8.47. The summed E-state index contributed by atoms with van der Waals surface area (Å²) in [7, 11) is 0. The summed E-state index contributed by atoms with van der Waals surface area (Å²) >= 11 is 1.65. The first-order valence-corrected chi connectivity index (χ1v) is 5.06. The summed E-state index contributed by atoms with van der Waals surface area (Å²) < 4.78 is 0. The van der Waals surface area contributed by atoms with Gasteiger partial charge in [-0.1, -0.05) is 0 Å². The fourth-order valence-corrected chi connectivity index (χ4v) is 2.00. The van der Waals surface area contributed by atoms with Crippen LogP contribution in [0.2, 0.25) is 0 Å². The van der Waals surface area contributed by atoms with Gasteiger partial charge in [0.15, 0.2) is 0 Å². The predicted octanol–water partition coefficient (Wildman–Crippen LogP) is 1.67. The van der Waals surface area contributed by atoms with Crippen LogP contribution in [0.1, 0.15) is 0 Å². The molecule has 2 aromatic heterocycles. The average Bonchev–Trinajstić information content (AvgIpc) is 2.62. The Kier molecular flexibility index (Phi) is 2.42. The highest BCUT2D eigenvalue weighted by Crippen LogP contribution is 2.25. The zero-order chi connectivity index (χ0) is 9.10. The van der Waals surface area contributed by atoms with Crippen molar-refractivity contribution < 1.29 is 0 Å². The third kappa shape index (κ3) is 1.64. The van der Waals surface area contributed by atoms with Crippen LogP contribution in [0.5, 0.6) is 0 Å². The minimum atomic E-state index is 0.647. The molecular weight excluding hydrogens is 182 g/mol. The Bertz CT molecular complexity index is 396. The molecule has 2 rings (SSSR count). The van der Waals surface area contributed by atoms with Crippen molar-refractivity contribution in [2.45, 2.75) is 0 Å². The van der Waals surface area contributed by atoms with Gasteiger partial charge in [-0.15, -0.1) is 11.3 Å². The molecule has 3 N–H and O–H groups in total. The zero-order valence-corrected chi connectivity index (χ0v) is 7.97. The summed E-state index contributed by atoms with van der Waals surface area (Å²) in [6.07, 6.45) is 1.82. The van der Waals surface area contributed by atoms with Gasteiger partial charge in [-0.05, 0) is 17.5 Å². The Morgan fingerprint density at radius 3 is 3.23 bits per heavy atom. The van der Waals surface area contributed by atoms with E-state index < -0.39 is 0 Å². The standard InChI is InChI=1S/C9H11N3S/c10-3-5-11-8-1-4-12-9-7(8)2-6-13-9/h1-2,4,6H,3,5,10H2,(H,11,12). The van der Waals surface area contributed by atoms with E-state index in [4.69, 9.17) is 5.73 Å². The van der Waals surface area contributed by atoms with E-state index in [1.165, 1.54) is 5.39 Å². The van der Waals surface area contributed by atoms with Crippen molar-refractivity contribution in [3.63, 3.8) is 0 Å². The van der Waals surface area contributed by atoms with Gasteiger partial charge in [0.1, 0.15) is 4.83 Å². The molecule has 0 aliphatic heterocycles. The number of pyridine rings is 1. The van der Waals surface area contributed by atoms with Gasteiger partial charge in [0.05, 0.1) is 0 Å². The Morgan fingerprint density at radius 2 is 2.38 bits per heavy atom. The highest BCUT2D eigenvalue weighted by atomic mass is 32.1. The highest BCUT2D eigenvalue weighted by molar-refractivity contribution is 7.16. The first-order chi connectivity index (χ1) is 6.42. The van der Waals surface area contributed by atoms with E-state index in [-0.39, 0.29) is 0 Å². The smallest absolute Gasteiger partial charge is 0.125 e. The molecule has 0 aliphatic carbocycles. The van der Waals surface area contributed by atoms with Crippen LogP contribution in [0.3, 0.4) is 0 Å². The van der Waals surface area contributed by atoms with Crippen molar-refractivity contribution >= 4 is 27.2 Å². The van der Waals surface area contributed by atoms with Gasteiger partial charge in [0.25, 0.3) is 0 Å². The highest BCUT2D eigenvalue weighted by Gasteiger charge is 2.00. The maximum absolute atomic E-state index is 5.42. The fraction of sp³-hybridized carbons (Fsp3) is 0.222. The average molecular weight is 193 g/mol. The van der Waals surface area contributed by atoms with Crippen molar-refractivity contribution in [2.24, 2.45) is 5.73 Å². The van der Waals surface area contributed by atoms with E-state index in [0.29, 0.717) is 6.54 Å². The summed E-state index contributed by atoms with van der Waals surface area (Å²) in [4.78, 5) is 5.33. The molecule has 4 heteroatoms. The van der Waals surface area contributed by atoms with Crippen molar-refractivity contribution in [3.05, 3.63) is 23.7 Å². The van der Waals surface area contributed by atoms with E-state index >= 15 is 0 Å². The molecular formula is C9H11N3S. The molecule has 13 heavy (non-hydrogen) atoms. The Labute approximate surface area is 80.6 Å². The first-order valence-electron chi connectivity index (χ1n) is 4.18. The molecule has 0 saturated carbocycles. The van der Waals surface area contributed by atoms with E-state index in [1.54, 1.807) is 11.3 Å². The van der Waals surface area contributed by atoms with E-state index in [0.717, 1.165) is 17.1 Å². The van der Waals surface area contributed by atoms with E-state index in [2.05, 4.69) is 16.4 Å². The lowest BCUT2D eigenvalue weighted by atomic mass is 10.3. The van der Waals surface area contributed by atoms with E-state index in [1.807, 2.05) is 17.6 Å². The molecule has 0 bridgehead atoms. The lowest BCUT2D eigenvalue weighted by Gasteiger charge is -2.04. The number of nitrogens with two attached hydrogens (primary N) is 1. The molecule has 0 saturated heterocycles. The molecule has 0 atom stereocenters.